The predicted molar refractivity (Wildman–Crippen MR) is 81.7 cm³/mol. The molecule has 0 aromatic carbocycles. The van der Waals surface area contributed by atoms with Crippen LogP contribution in [0.3, 0.4) is 0 Å². The number of quaternary nitrogens is 1. The van der Waals surface area contributed by atoms with Crippen LogP contribution in [0.15, 0.2) is 0 Å². The Morgan fingerprint density at radius 3 is 2.19 bits per heavy atom. The van der Waals surface area contributed by atoms with Gasteiger partial charge in [0, 0.05) is 31.8 Å². The summed E-state index contributed by atoms with van der Waals surface area (Å²) in [5.74, 6) is 0.0777. The lowest BCUT2D eigenvalue weighted by atomic mass is 9.93. The van der Waals surface area contributed by atoms with E-state index >= 15 is 0 Å². The van der Waals surface area contributed by atoms with E-state index < -0.39 is 0 Å². The Labute approximate surface area is 127 Å². The van der Waals surface area contributed by atoms with Crippen LogP contribution >= 0.6 is 0 Å². The molecule has 1 atom stereocenters. The van der Waals surface area contributed by atoms with Crippen molar-refractivity contribution in [3.63, 3.8) is 0 Å². The van der Waals surface area contributed by atoms with Crippen molar-refractivity contribution in [1.29, 1.82) is 0 Å². The predicted octanol–water partition coefficient (Wildman–Crippen LogP) is -0.0538. The topological polar surface area (TPSA) is 67.8 Å². The Morgan fingerprint density at radius 1 is 1.10 bits per heavy atom. The summed E-state index contributed by atoms with van der Waals surface area (Å²) in [5, 5.41) is 0. The van der Waals surface area contributed by atoms with Gasteiger partial charge in [-0.1, -0.05) is 19.3 Å². The number of primary amides is 1. The number of carbonyl (C=O) groups is 2. The second kappa shape index (κ2) is 7.25. The van der Waals surface area contributed by atoms with E-state index in [4.69, 9.17) is 5.73 Å². The molecule has 0 bridgehead atoms. The molecular weight excluding hydrogens is 266 g/mol. The average Bonchev–Trinajstić information content (AvgIpc) is 2.53. The van der Waals surface area contributed by atoms with Crippen LogP contribution in [0.1, 0.15) is 51.9 Å². The zero-order valence-electron chi connectivity index (χ0n) is 13.4. The number of nitrogens with two attached hydrogens (primary N) is 1. The molecule has 2 amide bonds. The standard InChI is InChI=1S/C16H29N3O2/c1-12(19-10-8-13(9-11-19)15(17)20)16(21)18(2)14-6-4-3-5-7-14/h12-14H,3-11H2,1-2H3,(H2,17,20)/p+1/t12-/m1/s1. The molecule has 21 heavy (non-hydrogen) atoms. The van der Waals surface area contributed by atoms with Crippen LogP contribution < -0.4 is 10.6 Å². The van der Waals surface area contributed by atoms with Gasteiger partial charge in [0.2, 0.25) is 5.91 Å². The fourth-order valence-electron chi connectivity index (χ4n) is 3.83. The van der Waals surface area contributed by atoms with Gasteiger partial charge in [0.1, 0.15) is 0 Å². The monoisotopic (exact) mass is 296 g/mol. The number of nitrogens with zero attached hydrogens (tertiary/aromatic N) is 1. The Hall–Kier alpha value is -1.10. The van der Waals surface area contributed by atoms with E-state index in [2.05, 4.69) is 0 Å². The van der Waals surface area contributed by atoms with E-state index in [0.717, 1.165) is 38.8 Å². The average molecular weight is 296 g/mol. The van der Waals surface area contributed by atoms with Crippen molar-refractivity contribution < 1.29 is 14.5 Å². The molecule has 0 aromatic rings. The quantitative estimate of drug-likeness (QED) is 0.763. The number of amides is 2. The van der Waals surface area contributed by atoms with E-state index in [0.29, 0.717) is 6.04 Å². The van der Waals surface area contributed by atoms with Crippen molar-refractivity contribution >= 4 is 11.8 Å². The van der Waals surface area contributed by atoms with Crippen LogP contribution in [0, 0.1) is 5.92 Å². The van der Waals surface area contributed by atoms with E-state index in [1.807, 2.05) is 18.9 Å². The third-order valence-corrected chi connectivity index (χ3v) is 5.48. The molecule has 3 N–H and O–H groups in total. The Balaban J connectivity index is 1.86. The highest BCUT2D eigenvalue weighted by Gasteiger charge is 2.35. The molecule has 5 heteroatoms. The number of rotatable bonds is 4. The number of likely N-dealkylation sites (N-methyl/N-ethyl adjacent to an activating group) is 1. The van der Waals surface area contributed by atoms with Gasteiger partial charge in [0.25, 0.3) is 5.91 Å². The van der Waals surface area contributed by atoms with Gasteiger partial charge in [0.15, 0.2) is 6.04 Å². The molecular formula is C16H30N3O2+. The van der Waals surface area contributed by atoms with Crippen molar-refractivity contribution in [2.75, 3.05) is 20.1 Å². The van der Waals surface area contributed by atoms with Crippen LogP contribution in [-0.4, -0.2) is 48.9 Å². The molecule has 0 spiro atoms. The summed E-state index contributed by atoms with van der Waals surface area (Å²) in [4.78, 5) is 27.2. The van der Waals surface area contributed by atoms with Gasteiger partial charge in [0.05, 0.1) is 13.1 Å². The van der Waals surface area contributed by atoms with Gasteiger partial charge in [-0.25, -0.2) is 0 Å². The molecule has 0 radical (unpaired) electrons. The summed E-state index contributed by atoms with van der Waals surface area (Å²) in [7, 11) is 1.96. The highest BCUT2D eigenvalue weighted by molar-refractivity contribution is 5.80. The van der Waals surface area contributed by atoms with Gasteiger partial charge in [-0.05, 0) is 19.8 Å². The van der Waals surface area contributed by atoms with Crippen molar-refractivity contribution in [2.24, 2.45) is 11.7 Å². The lowest BCUT2D eigenvalue weighted by Crippen LogP contribution is -3.17. The molecule has 5 nitrogen and oxygen atoms in total. The first kappa shape index (κ1) is 16.3. The van der Waals surface area contributed by atoms with E-state index in [1.165, 1.54) is 24.2 Å². The molecule has 1 aliphatic carbocycles. The van der Waals surface area contributed by atoms with Crippen molar-refractivity contribution in [3.05, 3.63) is 0 Å². The van der Waals surface area contributed by atoms with E-state index in [1.54, 1.807) is 0 Å². The molecule has 1 saturated heterocycles. The van der Waals surface area contributed by atoms with Crippen LogP contribution in [0.4, 0.5) is 0 Å². The Kier molecular flexibility index (Phi) is 5.62. The zero-order chi connectivity index (χ0) is 15.4. The summed E-state index contributed by atoms with van der Waals surface area (Å²) in [6.45, 7) is 3.78. The van der Waals surface area contributed by atoms with Crippen LogP contribution in [0.5, 0.6) is 0 Å². The molecule has 1 heterocycles. The van der Waals surface area contributed by atoms with Crippen molar-refractivity contribution in [1.82, 2.24) is 4.90 Å². The van der Waals surface area contributed by atoms with Gasteiger partial charge in [-0.2, -0.15) is 0 Å². The van der Waals surface area contributed by atoms with Crippen LogP contribution in [0.2, 0.25) is 0 Å². The number of hydrogen-bond donors (Lipinski definition) is 2. The summed E-state index contributed by atoms with van der Waals surface area (Å²) in [6, 6.07) is 0.419. The zero-order valence-corrected chi connectivity index (χ0v) is 13.4. The van der Waals surface area contributed by atoms with E-state index in [9.17, 15) is 9.59 Å². The lowest BCUT2D eigenvalue weighted by Gasteiger charge is -2.36. The first-order valence-electron chi connectivity index (χ1n) is 8.41. The molecule has 1 saturated carbocycles. The fourth-order valence-corrected chi connectivity index (χ4v) is 3.83. The normalized spacial score (nSPS) is 28.9. The third-order valence-electron chi connectivity index (χ3n) is 5.48. The van der Waals surface area contributed by atoms with Crippen molar-refractivity contribution in [2.45, 2.75) is 64.0 Å². The maximum absolute atomic E-state index is 12.7. The minimum atomic E-state index is -0.188. The van der Waals surface area contributed by atoms with Crippen LogP contribution in [0.25, 0.3) is 0 Å². The minimum Gasteiger partial charge on any atom is -0.369 e. The maximum atomic E-state index is 12.7. The second-order valence-corrected chi connectivity index (χ2v) is 6.80. The number of nitrogens with one attached hydrogen (secondary N) is 1. The molecule has 2 rings (SSSR count). The summed E-state index contributed by atoms with van der Waals surface area (Å²) >= 11 is 0. The molecule has 120 valence electrons. The highest BCUT2D eigenvalue weighted by atomic mass is 16.2. The fraction of sp³-hybridized carbons (Fsp3) is 0.875. The van der Waals surface area contributed by atoms with Gasteiger partial charge in [-0.15, -0.1) is 0 Å². The lowest BCUT2D eigenvalue weighted by molar-refractivity contribution is -0.920. The molecule has 1 aliphatic heterocycles. The SMILES string of the molecule is C[C@H](C(=O)N(C)C1CCCCC1)[NH+]1CCC(C(N)=O)CC1. The van der Waals surface area contributed by atoms with Gasteiger partial charge in [-0.3, -0.25) is 9.59 Å². The number of likely N-dealkylation sites (tertiary alicyclic amines) is 1. The molecule has 0 unspecified atom stereocenters. The van der Waals surface area contributed by atoms with Gasteiger partial charge >= 0.3 is 0 Å². The number of carbonyl (C=O) groups excluding carboxylic acids is 2. The Morgan fingerprint density at radius 2 is 1.67 bits per heavy atom. The largest absolute Gasteiger partial charge is 0.369 e. The number of piperidine rings is 1. The molecule has 2 fully saturated rings. The number of hydrogen-bond acceptors (Lipinski definition) is 2. The summed E-state index contributed by atoms with van der Waals surface area (Å²) < 4.78 is 0. The van der Waals surface area contributed by atoms with Gasteiger partial charge < -0.3 is 15.5 Å². The van der Waals surface area contributed by atoms with Crippen LogP contribution in [-0.2, 0) is 9.59 Å². The van der Waals surface area contributed by atoms with Crippen molar-refractivity contribution in [3.8, 4) is 0 Å². The third kappa shape index (κ3) is 3.96. The molecule has 0 aromatic heterocycles. The van der Waals surface area contributed by atoms with E-state index in [-0.39, 0.29) is 23.8 Å². The first-order chi connectivity index (χ1) is 10.0. The maximum Gasteiger partial charge on any atom is 0.280 e. The first-order valence-corrected chi connectivity index (χ1v) is 8.41. The smallest absolute Gasteiger partial charge is 0.280 e. The second-order valence-electron chi connectivity index (χ2n) is 6.80. The summed E-state index contributed by atoms with van der Waals surface area (Å²) in [5.41, 5.74) is 5.37. The highest BCUT2D eigenvalue weighted by Crippen LogP contribution is 2.22. The molecule has 2 aliphatic rings. The summed E-state index contributed by atoms with van der Waals surface area (Å²) in [6.07, 6.45) is 7.72. The minimum absolute atomic E-state index is 0.00660. The Bertz CT molecular complexity index is 372.